The summed E-state index contributed by atoms with van der Waals surface area (Å²) in [6, 6.07) is 9.94. The molecule has 1 fully saturated rings. The maximum absolute atomic E-state index is 9.02. The average Bonchev–Trinajstić information content (AvgIpc) is 2.68. The molecule has 6 nitrogen and oxygen atoms in total. The van der Waals surface area contributed by atoms with Crippen LogP contribution in [0.15, 0.2) is 36.5 Å². The van der Waals surface area contributed by atoms with E-state index in [1.807, 2.05) is 36.2 Å². The van der Waals surface area contributed by atoms with Gasteiger partial charge >= 0.3 is 0 Å². The summed E-state index contributed by atoms with van der Waals surface area (Å²) in [5.41, 5.74) is 3.18. The van der Waals surface area contributed by atoms with E-state index in [4.69, 9.17) is 21.4 Å². The van der Waals surface area contributed by atoms with Gasteiger partial charge in [0.2, 0.25) is 0 Å². The van der Waals surface area contributed by atoms with Gasteiger partial charge in [0.15, 0.2) is 0 Å². The van der Waals surface area contributed by atoms with Gasteiger partial charge in [-0.15, -0.1) is 0 Å². The lowest BCUT2D eigenvalue weighted by Crippen LogP contribution is -2.37. The Morgan fingerprint density at radius 2 is 2.08 bits per heavy atom. The molecule has 0 spiro atoms. The number of nitrogens with zero attached hydrogens (tertiary/aromatic N) is 3. The normalized spacial score (nSPS) is 14.3. The molecule has 1 saturated heterocycles. The van der Waals surface area contributed by atoms with Gasteiger partial charge in [0, 0.05) is 49.5 Å². The number of halogens is 1. The highest BCUT2D eigenvalue weighted by Gasteiger charge is 2.16. The van der Waals surface area contributed by atoms with Crippen molar-refractivity contribution in [2.75, 3.05) is 61.6 Å². The lowest BCUT2D eigenvalue weighted by molar-refractivity contribution is 0.122. The van der Waals surface area contributed by atoms with Crippen LogP contribution in [0.25, 0.3) is 0 Å². The molecule has 0 bridgehead atoms. The van der Waals surface area contributed by atoms with Crippen LogP contribution >= 0.6 is 11.6 Å². The molecule has 1 aliphatic rings. The van der Waals surface area contributed by atoms with Crippen molar-refractivity contribution >= 4 is 28.8 Å². The Kier molecular flexibility index (Phi) is 6.55. The molecule has 0 unspecified atom stereocenters. The second-order valence-corrected chi connectivity index (χ2v) is 6.64. The van der Waals surface area contributed by atoms with Crippen LogP contribution in [0.2, 0.25) is 5.02 Å². The zero-order chi connectivity index (χ0) is 18.4. The molecule has 0 atom stereocenters. The van der Waals surface area contributed by atoms with Crippen molar-refractivity contribution in [1.29, 1.82) is 0 Å². The summed E-state index contributed by atoms with van der Waals surface area (Å²) >= 11 is 6.47. The van der Waals surface area contributed by atoms with Gasteiger partial charge in [0.25, 0.3) is 0 Å². The van der Waals surface area contributed by atoms with Gasteiger partial charge in [0.05, 0.1) is 31.7 Å². The Labute approximate surface area is 159 Å². The molecule has 1 aromatic carbocycles. The fraction of sp³-hybridized carbons (Fsp3) is 0.421. The standard InChI is InChI=1S/C19H25ClN4O2/c1-23(7-10-25)15-5-6-19(21-13-15)22-14-16-17(20)3-2-4-18(16)24-8-11-26-12-9-24/h2-6,13,25H,7-12,14H2,1H3,(H,21,22). The second kappa shape index (κ2) is 9.07. The van der Waals surface area contributed by atoms with Crippen molar-refractivity contribution in [3.63, 3.8) is 0 Å². The monoisotopic (exact) mass is 376 g/mol. The van der Waals surface area contributed by atoms with Crippen LogP contribution in [0.3, 0.4) is 0 Å². The maximum Gasteiger partial charge on any atom is 0.126 e. The highest BCUT2D eigenvalue weighted by molar-refractivity contribution is 6.31. The fourth-order valence-electron chi connectivity index (χ4n) is 3.00. The largest absolute Gasteiger partial charge is 0.395 e. The summed E-state index contributed by atoms with van der Waals surface area (Å²) in [7, 11) is 1.93. The number of pyridine rings is 1. The topological polar surface area (TPSA) is 60.9 Å². The quantitative estimate of drug-likeness (QED) is 0.774. The molecule has 1 aliphatic heterocycles. The lowest BCUT2D eigenvalue weighted by Gasteiger charge is -2.31. The summed E-state index contributed by atoms with van der Waals surface area (Å²) in [6.07, 6.45) is 1.80. The Balaban J connectivity index is 1.69. The van der Waals surface area contributed by atoms with Gasteiger partial charge in [-0.2, -0.15) is 0 Å². The molecule has 2 heterocycles. The third kappa shape index (κ3) is 4.58. The molecule has 0 saturated carbocycles. The minimum atomic E-state index is 0.118. The van der Waals surface area contributed by atoms with Gasteiger partial charge < -0.3 is 25.0 Å². The van der Waals surface area contributed by atoms with Crippen LogP contribution in [0.5, 0.6) is 0 Å². The van der Waals surface area contributed by atoms with Crippen LogP contribution in [0.1, 0.15) is 5.56 Å². The van der Waals surface area contributed by atoms with Crippen molar-refractivity contribution < 1.29 is 9.84 Å². The molecule has 2 aromatic rings. The van der Waals surface area contributed by atoms with E-state index in [2.05, 4.69) is 21.3 Å². The number of hydrogen-bond acceptors (Lipinski definition) is 6. The first-order valence-electron chi connectivity index (χ1n) is 8.81. The van der Waals surface area contributed by atoms with E-state index in [9.17, 15) is 0 Å². The molecule has 0 radical (unpaired) electrons. The number of aliphatic hydroxyl groups is 1. The molecule has 3 rings (SSSR count). The molecule has 1 aromatic heterocycles. The second-order valence-electron chi connectivity index (χ2n) is 6.24. The van der Waals surface area contributed by atoms with E-state index in [-0.39, 0.29) is 6.61 Å². The third-order valence-electron chi connectivity index (χ3n) is 4.52. The van der Waals surface area contributed by atoms with E-state index >= 15 is 0 Å². The molecule has 0 aliphatic carbocycles. The van der Waals surface area contributed by atoms with Crippen molar-refractivity contribution in [2.45, 2.75) is 6.54 Å². The van der Waals surface area contributed by atoms with Crippen LogP contribution in [0, 0.1) is 0 Å². The number of rotatable bonds is 7. The molecular weight excluding hydrogens is 352 g/mol. The highest BCUT2D eigenvalue weighted by Crippen LogP contribution is 2.29. The van der Waals surface area contributed by atoms with Gasteiger partial charge in [-0.05, 0) is 24.3 Å². The predicted octanol–water partition coefficient (Wildman–Crippen LogP) is 2.61. The first-order valence-corrected chi connectivity index (χ1v) is 9.19. The summed E-state index contributed by atoms with van der Waals surface area (Å²) in [5, 5.41) is 13.1. The zero-order valence-corrected chi connectivity index (χ0v) is 15.7. The molecule has 140 valence electrons. The highest BCUT2D eigenvalue weighted by atomic mass is 35.5. The summed E-state index contributed by atoms with van der Waals surface area (Å²) in [4.78, 5) is 8.73. The van der Waals surface area contributed by atoms with E-state index in [1.165, 1.54) is 0 Å². The van der Waals surface area contributed by atoms with Crippen LogP contribution < -0.4 is 15.1 Å². The van der Waals surface area contributed by atoms with Crippen molar-refractivity contribution in [3.8, 4) is 0 Å². The van der Waals surface area contributed by atoms with Gasteiger partial charge in [-0.25, -0.2) is 4.98 Å². The summed E-state index contributed by atoms with van der Waals surface area (Å²) in [6.45, 7) is 4.53. The smallest absolute Gasteiger partial charge is 0.126 e. The van der Waals surface area contributed by atoms with Crippen molar-refractivity contribution in [2.24, 2.45) is 0 Å². The minimum absolute atomic E-state index is 0.118. The number of benzene rings is 1. The van der Waals surface area contributed by atoms with Crippen molar-refractivity contribution in [3.05, 3.63) is 47.1 Å². The summed E-state index contributed by atoms with van der Waals surface area (Å²) < 4.78 is 5.45. The number of morpholine rings is 1. The van der Waals surface area contributed by atoms with Gasteiger partial charge in [-0.3, -0.25) is 0 Å². The summed E-state index contributed by atoms with van der Waals surface area (Å²) in [5.74, 6) is 0.791. The average molecular weight is 377 g/mol. The zero-order valence-electron chi connectivity index (χ0n) is 15.0. The number of hydrogen-bond donors (Lipinski definition) is 2. The number of aromatic nitrogens is 1. The number of likely N-dealkylation sites (N-methyl/N-ethyl adjacent to an activating group) is 1. The number of aliphatic hydroxyl groups excluding tert-OH is 1. The van der Waals surface area contributed by atoms with E-state index in [1.54, 1.807) is 6.20 Å². The molecule has 2 N–H and O–H groups in total. The van der Waals surface area contributed by atoms with Crippen LogP contribution in [-0.2, 0) is 11.3 Å². The Morgan fingerprint density at radius 3 is 2.77 bits per heavy atom. The van der Waals surface area contributed by atoms with E-state index in [0.717, 1.165) is 54.1 Å². The number of anilines is 3. The van der Waals surface area contributed by atoms with Crippen LogP contribution in [-0.4, -0.2) is 56.6 Å². The van der Waals surface area contributed by atoms with Crippen LogP contribution in [0.4, 0.5) is 17.2 Å². The van der Waals surface area contributed by atoms with E-state index < -0.39 is 0 Å². The Bertz CT molecular complexity index is 705. The maximum atomic E-state index is 9.02. The predicted molar refractivity (Wildman–Crippen MR) is 106 cm³/mol. The van der Waals surface area contributed by atoms with Gasteiger partial charge in [0.1, 0.15) is 5.82 Å². The Hall–Kier alpha value is -2.02. The minimum Gasteiger partial charge on any atom is -0.395 e. The number of nitrogens with one attached hydrogen (secondary N) is 1. The van der Waals surface area contributed by atoms with Crippen molar-refractivity contribution in [1.82, 2.24) is 4.98 Å². The molecule has 0 amide bonds. The molecule has 26 heavy (non-hydrogen) atoms. The van der Waals surface area contributed by atoms with Gasteiger partial charge in [-0.1, -0.05) is 17.7 Å². The molecular formula is C19H25ClN4O2. The third-order valence-corrected chi connectivity index (χ3v) is 4.87. The Morgan fingerprint density at radius 1 is 1.27 bits per heavy atom. The first kappa shape index (κ1) is 18.8. The SMILES string of the molecule is CN(CCO)c1ccc(NCc2c(Cl)cccc2N2CCOCC2)nc1. The number of ether oxygens (including phenoxy) is 1. The fourth-order valence-corrected chi connectivity index (χ4v) is 3.23. The van der Waals surface area contributed by atoms with E-state index in [0.29, 0.717) is 13.1 Å². The first-order chi connectivity index (χ1) is 12.7. The lowest BCUT2D eigenvalue weighted by atomic mass is 10.1. The molecule has 7 heteroatoms.